The summed E-state index contributed by atoms with van der Waals surface area (Å²) in [7, 11) is -3.98. The first-order valence-corrected chi connectivity index (χ1v) is 7.40. The Hall–Kier alpha value is -1.89. The molecule has 0 aliphatic heterocycles. The maximum atomic E-state index is 11.8. The van der Waals surface area contributed by atoms with E-state index in [1.165, 1.54) is 12.1 Å². The number of ether oxygens (including phenoxy) is 1. The van der Waals surface area contributed by atoms with Crippen LogP contribution in [0.2, 0.25) is 5.02 Å². The molecule has 0 aliphatic carbocycles. The zero-order chi connectivity index (χ0) is 14.8. The van der Waals surface area contributed by atoms with E-state index < -0.39 is 16.0 Å². The topological polar surface area (TPSA) is 86.5 Å². The van der Waals surface area contributed by atoms with Gasteiger partial charge in [0, 0.05) is 6.07 Å². The second kappa shape index (κ2) is 5.62. The largest absolute Gasteiger partial charge is 0.423 e. The molecule has 7 heteroatoms. The van der Waals surface area contributed by atoms with Gasteiger partial charge in [0.05, 0.1) is 10.6 Å². The summed E-state index contributed by atoms with van der Waals surface area (Å²) in [5.41, 5.74) is 0.347. The number of hydrogen-bond acceptors (Lipinski definition) is 4. The van der Waals surface area contributed by atoms with Crippen molar-refractivity contribution >= 4 is 27.6 Å². The molecule has 0 radical (unpaired) electrons. The van der Waals surface area contributed by atoms with Crippen LogP contribution in [0.25, 0.3) is 0 Å². The summed E-state index contributed by atoms with van der Waals surface area (Å²) in [5, 5.41) is 4.98. The Morgan fingerprint density at radius 2 is 1.75 bits per heavy atom. The van der Waals surface area contributed by atoms with E-state index in [1.807, 2.05) is 0 Å². The number of esters is 1. The molecule has 0 heterocycles. The van der Waals surface area contributed by atoms with E-state index in [4.69, 9.17) is 21.5 Å². The minimum Gasteiger partial charge on any atom is -0.423 e. The highest BCUT2D eigenvalue weighted by Crippen LogP contribution is 2.25. The number of sulfonamides is 1. The number of carbonyl (C=O) groups excluding carboxylic acids is 1. The van der Waals surface area contributed by atoms with Crippen LogP contribution >= 0.6 is 11.6 Å². The molecule has 0 aromatic heterocycles. The van der Waals surface area contributed by atoms with Crippen LogP contribution in [-0.4, -0.2) is 14.4 Å². The maximum Gasteiger partial charge on any atom is 0.343 e. The predicted molar refractivity (Wildman–Crippen MR) is 74.2 cm³/mol. The average molecular weight is 312 g/mol. The molecule has 2 aromatic rings. The van der Waals surface area contributed by atoms with Crippen molar-refractivity contribution in [3.63, 3.8) is 0 Å². The van der Waals surface area contributed by atoms with Gasteiger partial charge in [-0.15, -0.1) is 0 Å². The third kappa shape index (κ3) is 3.36. The van der Waals surface area contributed by atoms with Crippen LogP contribution in [0.1, 0.15) is 10.4 Å². The molecule has 2 N–H and O–H groups in total. The zero-order valence-electron chi connectivity index (χ0n) is 10.1. The summed E-state index contributed by atoms with van der Waals surface area (Å²) in [6, 6.07) is 12.1. The molecule has 0 aliphatic rings. The first kappa shape index (κ1) is 14.5. The number of nitrogens with two attached hydrogens (primary N) is 1. The molecule has 0 unspecified atom stereocenters. The van der Waals surface area contributed by atoms with E-state index in [2.05, 4.69) is 0 Å². The number of primary sulfonamides is 1. The molecular formula is C13H10ClNO4S. The maximum absolute atomic E-state index is 11.8. The molecule has 0 spiro atoms. The van der Waals surface area contributed by atoms with Gasteiger partial charge >= 0.3 is 5.97 Å². The molecule has 2 aromatic carbocycles. The van der Waals surface area contributed by atoms with Crippen LogP contribution in [0.5, 0.6) is 5.75 Å². The predicted octanol–water partition coefficient (Wildman–Crippen LogP) is 2.21. The first-order valence-electron chi connectivity index (χ1n) is 5.47. The molecule has 2 rings (SSSR count). The van der Waals surface area contributed by atoms with Gasteiger partial charge in [-0.25, -0.2) is 18.4 Å². The molecule has 0 fully saturated rings. The van der Waals surface area contributed by atoms with Crippen molar-refractivity contribution < 1.29 is 17.9 Å². The van der Waals surface area contributed by atoms with Crippen molar-refractivity contribution in [3.8, 4) is 5.75 Å². The lowest BCUT2D eigenvalue weighted by Gasteiger charge is -2.07. The van der Waals surface area contributed by atoms with E-state index in [0.29, 0.717) is 5.56 Å². The lowest BCUT2D eigenvalue weighted by atomic mass is 10.2. The van der Waals surface area contributed by atoms with Gasteiger partial charge in [0.1, 0.15) is 10.6 Å². The van der Waals surface area contributed by atoms with Crippen molar-refractivity contribution in [1.29, 1.82) is 0 Å². The Bertz CT molecular complexity index is 744. The molecular weight excluding hydrogens is 302 g/mol. The van der Waals surface area contributed by atoms with Crippen molar-refractivity contribution in [1.82, 2.24) is 0 Å². The minimum absolute atomic E-state index is 0.0352. The zero-order valence-corrected chi connectivity index (χ0v) is 11.7. The smallest absolute Gasteiger partial charge is 0.343 e. The summed E-state index contributed by atoms with van der Waals surface area (Å²) in [5.74, 6) is -0.555. The highest BCUT2D eigenvalue weighted by molar-refractivity contribution is 7.89. The normalized spacial score (nSPS) is 11.1. The second-order valence-electron chi connectivity index (χ2n) is 3.89. The van der Waals surface area contributed by atoms with Gasteiger partial charge in [-0.1, -0.05) is 29.8 Å². The van der Waals surface area contributed by atoms with Gasteiger partial charge in [-0.05, 0) is 24.3 Å². The summed E-state index contributed by atoms with van der Waals surface area (Å²) in [4.78, 5) is 11.5. The number of halogens is 1. The Morgan fingerprint density at radius 3 is 2.35 bits per heavy atom. The summed E-state index contributed by atoms with van der Waals surface area (Å²) >= 11 is 5.73. The number of carbonyl (C=O) groups is 1. The summed E-state index contributed by atoms with van der Waals surface area (Å²) in [6.45, 7) is 0. The summed E-state index contributed by atoms with van der Waals surface area (Å²) < 4.78 is 27.7. The van der Waals surface area contributed by atoms with Crippen LogP contribution in [0.4, 0.5) is 0 Å². The van der Waals surface area contributed by atoms with Gasteiger partial charge < -0.3 is 4.74 Å². The quantitative estimate of drug-likeness (QED) is 0.695. The second-order valence-corrected chi connectivity index (χ2v) is 5.83. The highest BCUT2D eigenvalue weighted by atomic mass is 35.5. The van der Waals surface area contributed by atoms with Gasteiger partial charge in [0.2, 0.25) is 10.0 Å². The first-order chi connectivity index (χ1) is 9.38. The molecule has 0 bridgehead atoms. The SMILES string of the molecule is NS(=O)(=O)c1cc(OC(=O)c2ccccc2)ccc1Cl. The number of benzene rings is 2. The van der Waals surface area contributed by atoms with Gasteiger partial charge in [-0.3, -0.25) is 0 Å². The van der Waals surface area contributed by atoms with E-state index in [9.17, 15) is 13.2 Å². The van der Waals surface area contributed by atoms with Crippen molar-refractivity contribution in [3.05, 3.63) is 59.1 Å². The standard InChI is InChI=1S/C13H10ClNO4S/c14-11-7-6-10(8-12(11)20(15,17)18)19-13(16)9-4-2-1-3-5-9/h1-8H,(H2,15,17,18). The molecule has 0 amide bonds. The van der Waals surface area contributed by atoms with E-state index in [-0.39, 0.29) is 15.7 Å². The van der Waals surface area contributed by atoms with Crippen molar-refractivity contribution in [2.24, 2.45) is 5.14 Å². The summed E-state index contributed by atoms with van der Waals surface area (Å²) in [6.07, 6.45) is 0. The van der Waals surface area contributed by atoms with E-state index in [1.54, 1.807) is 30.3 Å². The molecule has 0 saturated carbocycles. The van der Waals surface area contributed by atoms with Crippen molar-refractivity contribution in [2.75, 3.05) is 0 Å². The Balaban J connectivity index is 2.30. The molecule has 5 nitrogen and oxygen atoms in total. The van der Waals surface area contributed by atoms with Gasteiger partial charge in [0.25, 0.3) is 0 Å². The fourth-order valence-electron chi connectivity index (χ4n) is 1.51. The fraction of sp³-hybridized carbons (Fsp3) is 0. The Labute approximate surface area is 121 Å². The number of hydrogen-bond donors (Lipinski definition) is 1. The van der Waals surface area contributed by atoms with Crippen molar-refractivity contribution in [2.45, 2.75) is 4.90 Å². The van der Waals surface area contributed by atoms with E-state index >= 15 is 0 Å². The van der Waals surface area contributed by atoms with Crippen LogP contribution in [-0.2, 0) is 10.0 Å². The molecule has 0 saturated heterocycles. The third-order valence-electron chi connectivity index (χ3n) is 2.43. The van der Waals surface area contributed by atoms with Gasteiger partial charge in [0.15, 0.2) is 0 Å². The average Bonchev–Trinajstić information content (AvgIpc) is 2.40. The minimum atomic E-state index is -3.98. The number of rotatable bonds is 3. The third-order valence-corrected chi connectivity index (χ3v) is 3.82. The molecule has 104 valence electrons. The molecule has 20 heavy (non-hydrogen) atoms. The van der Waals surface area contributed by atoms with E-state index in [0.717, 1.165) is 6.07 Å². The van der Waals surface area contributed by atoms with Crippen LogP contribution in [0, 0.1) is 0 Å². The van der Waals surface area contributed by atoms with Crippen LogP contribution in [0.15, 0.2) is 53.4 Å². The fourth-order valence-corrected chi connectivity index (χ4v) is 2.57. The Morgan fingerprint density at radius 1 is 1.10 bits per heavy atom. The molecule has 0 atom stereocenters. The lowest BCUT2D eigenvalue weighted by Crippen LogP contribution is -2.14. The van der Waals surface area contributed by atoms with Crippen LogP contribution in [0.3, 0.4) is 0 Å². The van der Waals surface area contributed by atoms with Crippen LogP contribution < -0.4 is 9.88 Å². The highest BCUT2D eigenvalue weighted by Gasteiger charge is 2.16. The lowest BCUT2D eigenvalue weighted by molar-refractivity contribution is 0.0734. The Kier molecular flexibility index (Phi) is 4.08. The van der Waals surface area contributed by atoms with Gasteiger partial charge in [-0.2, -0.15) is 0 Å². The monoisotopic (exact) mass is 311 g/mol.